The van der Waals surface area contributed by atoms with Crippen LogP contribution in [0.5, 0.6) is 0 Å². The Hall–Kier alpha value is -3.13. The molecule has 2 aromatic heterocycles. The van der Waals surface area contributed by atoms with E-state index >= 15 is 0 Å². The lowest BCUT2D eigenvalue weighted by molar-refractivity contribution is 0.252. The molecule has 128 valence electrons. The van der Waals surface area contributed by atoms with E-state index in [1.807, 2.05) is 12.1 Å². The first kappa shape index (κ1) is 16.7. The van der Waals surface area contributed by atoms with Gasteiger partial charge in [-0.15, -0.1) is 10.2 Å². The Balaban J connectivity index is 1.40. The van der Waals surface area contributed by atoms with E-state index in [2.05, 4.69) is 31.2 Å². The zero-order chi connectivity index (χ0) is 17.5. The summed E-state index contributed by atoms with van der Waals surface area (Å²) in [5.74, 6) is 1.25. The van der Waals surface area contributed by atoms with Gasteiger partial charge in [-0.05, 0) is 36.4 Å². The number of rotatable bonds is 6. The molecule has 3 N–H and O–H groups in total. The number of amides is 2. The fourth-order valence-electron chi connectivity index (χ4n) is 2.05. The number of anilines is 2. The van der Waals surface area contributed by atoms with E-state index in [0.29, 0.717) is 35.4 Å². The summed E-state index contributed by atoms with van der Waals surface area (Å²) >= 11 is 5.87. The van der Waals surface area contributed by atoms with Crippen molar-refractivity contribution in [2.45, 2.75) is 0 Å². The highest BCUT2D eigenvalue weighted by Gasteiger charge is 2.02. The maximum Gasteiger partial charge on any atom is 0.319 e. The molecule has 2 amide bonds. The van der Waals surface area contributed by atoms with E-state index in [1.54, 1.807) is 47.4 Å². The van der Waals surface area contributed by atoms with Crippen molar-refractivity contribution >= 4 is 29.1 Å². The summed E-state index contributed by atoms with van der Waals surface area (Å²) < 4.78 is 1.62. The first-order chi connectivity index (χ1) is 12.2. The first-order valence-corrected chi connectivity index (χ1v) is 7.96. The average Bonchev–Trinajstić information content (AvgIpc) is 3.14. The molecule has 0 bridgehead atoms. The van der Waals surface area contributed by atoms with Crippen LogP contribution in [0.15, 0.2) is 54.9 Å². The minimum Gasteiger partial charge on any atom is -0.367 e. The van der Waals surface area contributed by atoms with E-state index in [-0.39, 0.29) is 6.03 Å². The quantitative estimate of drug-likeness (QED) is 0.589. The number of carbonyl (C=O) groups is 1. The zero-order valence-corrected chi connectivity index (χ0v) is 13.9. The third-order valence-corrected chi connectivity index (χ3v) is 3.42. The Morgan fingerprint density at radius 3 is 2.76 bits per heavy atom. The van der Waals surface area contributed by atoms with E-state index in [4.69, 9.17) is 11.6 Å². The van der Waals surface area contributed by atoms with E-state index < -0.39 is 0 Å². The molecular formula is C16H16ClN7O. The number of nitrogens with zero attached hydrogens (tertiary/aromatic N) is 4. The molecule has 25 heavy (non-hydrogen) atoms. The van der Waals surface area contributed by atoms with Gasteiger partial charge < -0.3 is 16.0 Å². The zero-order valence-electron chi connectivity index (χ0n) is 13.2. The van der Waals surface area contributed by atoms with Crippen LogP contribution < -0.4 is 16.0 Å². The Kier molecular flexibility index (Phi) is 5.43. The van der Waals surface area contributed by atoms with Crippen molar-refractivity contribution < 1.29 is 4.79 Å². The predicted molar refractivity (Wildman–Crippen MR) is 96.1 cm³/mol. The molecule has 2 heterocycles. The molecule has 0 aliphatic heterocycles. The van der Waals surface area contributed by atoms with Crippen LogP contribution in [0.25, 0.3) is 5.82 Å². The second-order valence-corrected chi connectivity index (χ2v) is 5.48. The monoisotopic (exact) mass is 357 g/mol. The summed E-state index contributed by atoms with van der Waals surface area (Å²) in [5, 5.41) is 21.3. The third-order valence-electron chi connectivity index (χ3n) is 3.19. The largest absolute Gasteiger partial charge is 0.367 e. The second kappa shape index (κ2) is 8.11. The molecule has 1 aromatic carbocycles. The Labute approximate surface area is 149 Å². The number of urea groups is 1. The number of benzene rings is 1. The van der Waals surface area contributed by atoms with Crippen molar-refractivity contribution in [3.05, 3.63) is 59.9 Å². The Bertz CT molecular complexity index is 821. The van der Waals surface area contributed by atoms with Gasteiger partial charge in [-0.25, -0.2) is 9.48 Å². The molecule has 0 atom stereocenters. The van der Waals surface area contributed by atoms with Crippen LogP contribution in [0, 0.1) is 0 Å². The maximum absolute atomic E-state index is 11.8. The normalized spacial score (nSPS) is 10.3. The number of aromatic nitrogens is 4. The van der Waals surface area contributed by atoms with Crippen LogP contribution in [-0.4, -0.2) is 39.1 Å². The molecule has 0 saturated carbocycles. The molecule has 3 rings (SSSR count). The summed E-state index contributed by atoms with van der Waals surface area (Å²) in [7, 11) is 0. The Morgan fingerprint density at radius 1 is 1.12 bits per heavy atom. The topological polar surface area (TPSA) is 96.8 Å². The first-order valence-electron chi connectivity index (χ1n) is 7.59. The lowest BCUT2D eigenvalue weighted by Crippen LogP contribution is -2.32. The number of hydrogen-bond acceptors (Lipinski definition) is 5. The van der Waals surface area contributed by atoms with Gasteiger partial charge in [0.1, 0.15) is 5.82 Å². The van der Waals surface area contributed by atoms with Crippen LogP contribution in [0.4, 0.5) is 16.3 Å². The predicted octanol–water partition coefficient (Wildman–Crippen LogP) is 2.55. The molecule has 0 aliphatic carbocycles. The van der Waals surface area contributed by atoms with Crippen LogP contribution in [0.2, 0.25) is 5.02 Å². The van der Waals surface area contributed by atoms with Gasteiger partial charge >= 0.3 is 6.03 Å². The van der Waals surface area contributed by atoms with Crippen molar-refractivity contribution in [2.24, 2.45) is 0 Å². The molecule has 9 heteroatoms. The van der Waals surface area contributed by atoms with Crippen molar-refractivity contribution in [1.82, 2.24) is 25.3 Å². The SMILES string of the molecule is O=C(NCCNc1ccc(-n2cccn2)nn1)Nc1cccc(Cl)c1. The van der Waals surface area contributed by atoms with Crippen molar-refractivity contribution in [3.63, 3.8) is 0 Å². The minimum absolute atomic E-state index is 0.302. The highest BCUT2D eigenvalue weighted by molar-refractivity contribution is 6.30. The van der Waals surface area contributed by atoms with Gasteiger partial charge in [-0.2, -0.15) is 5.10 Å². The summed E-state index contributed by atoms with van der Waals surface area (Å²) in [6.45, 7) is 0.938. The molecule has 3 aromatic rings. The number of nitrogens with one attached hydrogen (secondary N) is 3. The van der Waals surface area contributed by atoms with Crippen molar-refractivity contribution in [3.8, 4) is 5.82 Å². The third kappa shape index (κ3) is 4.92. The van der Waals surface area contributed by atoms with Gasteiger partial charge in [0.05, 0.1) is 0 Å². The molecular weight excluding hydrogens is 342 g/mol. The van der Waals surface area contributed by atoms with Crippen LogP contribution in [0.3, 0.4) is 0 Å². The van der Waals surface area contributed by atoms with E-state index in [0.717, 1.165) is 0 Å². The highest BCUT2D eigenvalue weighted by Crippen LogP contribution is 2.14. The average molecular weight is 358 g/mol. The lowest BCUT2D eigenvalue weighted by atomic mass is 10.3. The lowest BCUT2D eigenvalue weighted by Gasteiger charge is -2.09. The van der Waals surface area contributed by atoms with Crippen molar-refractivity contribution in [2.75, 3.05) is 23.7 Å². The number of halogens is 1. The molecule has 0 spiro atoms. The smallest absolute Gasteiger partial charge is 0.319 e. The fourth-order valence-corrected chi connectivity index (χ4v) is 2.24. The van der Waals surface area contributed by atoms with Gasteiger partial charge in [0.15, 0.2) is 5.82 Å². The van der Waals surface area contributed by atoms with E-state index in [9.17, 15) is 4.79 Å². The van der Waals surface area contributed by atoms with Gasteiger partial charge in [-0.1, -0.05) is 17.7 Å². The summed E-state index contributed by atoms with van der Waals surface area (Å²) in [4.78, 5) is 11.8. The minimum atomic E-state index is -0.302. The molecule has 0 unspecified atom stereocenters. The summed E-state index contributed by atoms with van der Waals surface area (Å²) in [5.41, 5.74) is 0.637. The molecule has 0 fully saturated rings. The summed E-state index contributed by atoms with van der Waals surface area (Å²) in [6.07, 6.45) is 3.47. The van der Waals surface area contributed by atoms with Crippen LogP contribution >= 0.6 is 11.6 Å². The maximum atomic E-state index is 11.8. The summed E-state index contributed by atoms with van der Waals surface area (Å²) in [6, 6.07) is 12.1. The van der Waals surface area contributed by atoms with Gasteiger partial charge in [0.25, 0.3) is 0 Å². The standard InChI is InChI=1S/C16H16ClN7O/c17-12-3-1-4-13(11-12)21-16(25)19-9-8-18-14-5-6-15(23-22-14)24-10-2-7-20-24/h1-7,10-11H,8-9H2,(H,18,22)(H2,19,21,25). The molecule has 0 aliphatic rings. The Morgan fingerprint density at radius 2 is 2.04 bits per heavy atom. The molecule has 0 radical (unpaired) electrons. The van der Waals surface area contributed by atoms with E-state index in [1.165, 1.54) is 0 Å². The molecule has 8 nitrogen and oxygen atoms in total. The fraction of sp³-hybridized carbons (Fsp3) is 0.125. The second-order valence-electron chi connectivity index (χ2n) is 5.05. The van der Waals surface area contributed by atoms with Crippen LogP contribution in [0.1, 0.15) is 0 Å². The molecule has 0 saturated heterocycles. The van der Waals surface area contributed by atoms with Gasteiger partial charge in [0, 0.05) is 36.2 Å². The van der Waals surface area contributed by atoms with Gasteiger partial charge in [0.2, 0.25) is 0 Å². The van der Waals surface area contributed by atoms with Crippen molar-refractivity contribution in [1.29, 1.82) is 0 Å². The number of hydrogen-bond donors (Lipinski definition) is 3. The van der Waals surface area contributed by atoms with Crippen LogP contribution in [-0.2, 0) is 0 Å². The number of carbonyl (C=O) groups excluding carboxylic acids is 1. The van der Waals surface area contributed by atoms with Gasteiger partial charge in [-0.3, -0.25) is 0 Å². The highest BCUT2D eigenvalue weighted by atomic mass is 35.5.